The summed E-state index contributed by atoms with van der Waals surface area (Å²) >= 11 is 0. The van der Waals surface area contributed by atoms with Gasteiger partial charge in [-0.25, -0.2) is 8.78 Å². The molecule has 0 saturated carbocycles. The van der Waals surface area contributed by atoms with Crippen LogP contribution in [0.2, 0.25) is 0 Å². The first kappa shape index (κ1) is 13.3. The van der Waals surface area contributed by atoms with E-state index in [4.69, 9.17) is 4.74 Å². The quantitative estimate of drug-likeness (QED) is 0.872. The number of para-hydroxylation sites is 1. The fourth-order valence-electron chi connectivity index (χ4n) is 2.50. The summed E-state index contributed by atoms with van der Waals surface area (Å²) in [6.07, 6.45) is -1.04. The van der Waals surface area contributed by atoms with E-state index in [2.05, 4.69) is 5.32 Å². The summed E-state index contributed by atoms with van der Waals surface area (Å²) in [5.41, 5.74) is 1.06. The van der Waals surface area contributed by atoms with E-state index >= 15 is 0 Å². The molecule has 1 aliphatic rings. The van der Waals surface area contributed by atoms with Crippen molar-refractivity contribution in [2.75, 3.05) is 13.2 Å². The second kappa shape index (κ2) is 6.14. The van der Waals surface area contributed by atoms with Crippen molar-refractivity contribution in [3.8, 4) is 5.75 Å². The molecule has 100 valence electrons. The predicted molar refractivity (Wildman–Crippen MR) is 67.4 cm³/mol. The average molecular weight is 255 g/mol. The lowest BCUT2D eigenvalue weighted by molar-refractivity contribution is 0.0881. The number of fused-ring (bicyclic) bond motifs is 1. The monoisotopic (exact) mass is 255 g/mol. The van der Waals surface area contributed by atoms with E-state index in [1.165, 1.54) is 0 Å². The summed E-state index contributed by atoms with van der Waals surface area (Å²) in [5.74, 6) is 1.01. The third kappa shape index (κ3) is 2.99. The van der Waals surface area contributed by atoms with Gasteiger partial charge in [-0.05, 0) is 36.9 Å². The highest BCUT2D eigenvalue weighted by molar-refractivity contribution is 5.37. The zero-order valence-electron chi connectivity index (χ0n) is 10.5. The first-order valence-electron chi connectivity index (χ1n) is 6.45. The van der Waals surface area contributed by atoms with E-state index in [0.717, 1.165) is 17.7 Å². The van der Waals surface area contributed by atoms with Gasteiger partial charge in [-0.3, -0.25) is 0 Å². The second-order valence-electron chi connectivity index (χ2n) is 4.61. The maximum Gasteiger partial charge on any atom is 0.253 e. The van der Waals surface area contributed by atoms with Crippen molar-refractivity contribution in [2.24, 2.45) is 0 Å². The van der Waals surface area contributed by atoms with Gasteiger partial charge >= 0.3 is 0 Å². The summed E-state index contributed by atoms with van der Waals surface area (Å²) in [6.45, 7) is 3.04. The molecule has 0 spiro atoms. The van der Waals surface area contributed by atoms with Gasteiger partial charge in [0.15, 0.2) is 0 Å². The van der Waals surface area contributed by atoms with Crippen molar-refractivity contribution in [3.05, 3.63) is 29.8 Å². The molecule has 4 heteroatoms. The lowest BCUT2D eigenvalue weighted by Gasteiger charge is -2.29. The highest BCUT2D eigenvalue weighted by Crippen LogP contribution is 2.36. The van der Waals surface area contributed by atoms with Crippen LogP contribution in [0.25, 0.3) is 0 Å². The Hall–Kier alpha value is -1.16. The third-order valence-corrected chi connectivity index (χ3v) is 3.39. The molecule has 18 heavy (non-hydrogen) atoms. The molecular weight excluding hydrogens is 236 g/mol. The van der Waals surface area contributed by atoms with Crippen molar-refractivity contribution in [1.29, 1.82) is 0 Å². The molecule has 0 saturated heterocycles. The van der Waals surface area contributed by atoms with Crippen molar-refractivity contribution >= 4 is 0 Å². The molecule has 0 radical (unpaired) electrons. The highest BCUT2D eigenvalue weighted by atomic mass is 19.3. The van der Waals surface area contributed by atoms with Gasteiger partial charge in [-0.2, -0.15) is 0 Å². The van der Waals surface area contributed by atoms with E-state index < -0.39 is 12.5 Å². The van der Waals surface area contributed by atoms with Gasteiger partial charge in [0, 0.05) is 0 Å². The number of rotatable bonds is 5. The maximum absolute atomic E-state index is 12.9. The van der Waals surface area contributed by atoms with Crippen LogP contribution in [-0.2, 0) is 0 Å². The van der Waals surface area contributed by atoms with Gasteiger partial charge in [-0.1, -0.05) is 25.1 Å². The Bertz CT molecular complexity index is 384. The zero-order chi connectivity index (χ0) is 13.0. The summed E-state index contributed by atoms with van der Waals surface area (Å²) in [5, 5.41) is 2.87. The maximum atomic E-state index is 12.9. The van der Waals surface area contributed by atoms with Crippen LogP contribution in [0.5, 0.6) is 5.75 Å². The van der Waals surface area contributed by atoms with Crippen LogP contribution >= 0.6 is 0 Å². The van der Waals surface area contributed by atoms with Crippen LogP contribution in [-0.4, -0.2) is 25.6 Å². The smallest absolute Gasteiger partial charge is 0.253 e. The van der Waals surface area contributed by atoms with E-state index in [-0.39, 0.29) is 5.92 Å². The summed E-state index contributed by atoms with van der Waals surface area (Å²) in [6, 6.07) is 7.01. The Balaban J connectivity index is 2.10. The fraction of sp³-hybridized carbons (Fsp3) is 0.571. The molecule has 0 amide bonds. The number of nitrogens with one attached hydrogen (secondary N) is 1. The Morgan fingerprint density at radius 2 is 2.17 bits per heavy atom. The first-order valence-corrected chi connectivity index (χ1v) is 6.45. The SMILES string of the molecule is CCNC(CC1CCOc2ccccc21)C(F)F. The number of alkyl halides is 2. The Labute approximate surface area is 106 Å². The topological polar surface area (TPSA) is 21.3 Å². The largest absolute Gasteiger partial charge is 0.493 e. The fourth-order valence-corrected chi connectivity index (χ4v) is 2.50. The summed E-state index contributed by atoms with van der Waals surface area (Å²) in [7, 11) is 0. The number of hydrogen-bond acceptors (Lipinski definition) is 2. The first-order chi connectivity index (χ1) is 8.72. The lowest BCUT2D eigenvalue weighted by atomic mass is 9.87. The van der Waals surface area contributed by atoms with Gasteiger partial charge in [0.05, 0.1) is 12.6 Å². The number of halogens is 2. The molecule has 1 aliphatic heterocycles. The summed E-state index contributed by atoms with van der Waals surface area (Å²) < 4.78 is 31.4. The second-order valence-corrected chi connectivity index (χ2v) is 4.61. The Kier molecular flexibility index (Phi) is 4.53. The van der Waals surface area contributed by atoms with Gasteiger partial charge in [-0.15, -0.1) is 0 Å². The normalized spacial score (nSPS) is 20.3. The molecule has 0 fully saturated rings. The molecule has 2 atom stereocenters. The molecule has 0 aliphatic carbocycles. The van der Waals surface area contributed by atoms with Crippen LogP contribution in [0.4, 0.5) is 8.78 Å². The molecule has 0 bridgehead atoms. The molecule has 1 aromatic carbocycles. The standard InChI is InChI=1S/C14H19F2NO/c1-2-17-12(14(15)16)9-10-7-8-18-13-6-4-3-5-11(10)13/h3-6,10,12,14,17H,2,7-9H2,1H3. The molecule has 1 aromatic rings. The van der Waals surface area contributed by atoms with Gasteiger partial charge < -0.3 is 10.1 Å². The highest BCUT2D eigenvalue weighted by Gasteiger charge is 2.28. The minimum absolute atomic E-state index is 0.160. The van der Waals surface area contributed by atoms with Crippen LogP contribution in [0.3, 0.4) is 0 Å². The molecule has 2 rings (SSSR count). The molecule has 2 nitrogen and oxygen atoms in total. The molecule has 1 N–H and O–H groups in total. The minimum Gasteiger partial charge on any atom is -0.493 e. The van der Waals surface area contributed by atoms with E-state index in [1.54, 1.807) is 0 Å². The van der Waals surface area contributed by atoms with E-state index in [9.17, 15) is 8.78 Å². The van der Waals surface area contributed by atoms with Gasteiger partial charge in [0.1, 0.15) is 5.75 Å². The van der Waals surface area contributed by atoms with Crippen molar-refractivity contribution < 1.29 is 13.5 Å². The van der Waals surface area contributed by atoms with Gasteiger partial charge in [0.2, 0.25) is 0 Å². The molecule has 2 unspecified atom stereocenters. The van der Waals surface area contributed by atoms with E-state index in [0.29, 0.717) is 19.6 Å². The van der Waals surface area contributed by atoms with Crippen LogP contribution in [0.1, 0.15) is 31.2 Å². The Morgan fingerprint density at radius 3 is 2.89 bits per heavy atom. The van der Waals surface area contributed by atoms with Crippen molar-refractivity contribution in [1.82, 2.24) is 5.32 Å². The number of benzene rings is 1. The predicted octanol–water partition coefficient (Wildman–Crippen LogP) is 3.19. The molecular formula is C14H19F2NO. The van der Waals surface area contributed by atoms with Crippen LogP contribution in [0.15, 0.2) is 24.3 Å². The Morgan fingerprint density at radius 1 is 1.39 bits per heavy atom. The zero-order valence-corrected chi connectivity index (χ0v) is 10.5. The minimum atomic E-state index is -2.32. The van der Waals surface area contributed by atoms with Crippen LogP contribution in [0, 0.1) is 0 Å². The van der Waals surface area contributed by atoms with Gasteiger partial charge in [0.25, 0.3) is 6.43 Å². The third-order valence-electron chi connectivity index (χ3n) is 3.39. The number of hydrogen-bond donors (Lipinski definition) is 1. The molecule has 0 aromatic heterocycles. The van der Waals surface area contributed by atoms with Crippen molar-refractivity contribution in [3.63, 3.8) is 0 Å². The average Bonchev–Trinajstić information content (AvgIpc) is 2.38. The summed E-state index contributed by atoms with van der Waals surface area (Å²) in [4.78, 5) is 0. The number of ether oxygens (including phenoxy) is 1. The lowest BCUT2D eigenvalue weighted by Crippen LogP contribution is -2.37. The van der Waals surface area contributed by atoms with Crippen molar-refractivity contribution in [2.45, 2.75) is 38.2 Å². The molecule has 1 heterocycles. The van der Waals surface area contributed by atoms with Crippen LogP contribution < -0.4 is 10.1 Å². The van der Waals surface area contributed by atoms with E-state index in [1.807, 2.05) is 31.2 Å².